The van der Waals surface area contributed by atoms with Gasteiger partial charge in [-0.2, -0.15) is 8.78 Å². The molecule has 3 rings (SSSR count). The van der Waals surface area contributed by atoms with Crippen molar-refractivity contribution in [3.05, 3.63) is 42.7 Å². The molecule has 0 unspecified atom stereocenters. The van der Waals surface area contributed by atoms with Crippen molar-refractivity contribution in [3.8, 4) is 5.75 Å². The Balaban J connectivity index is -0.000000450. The van der Waals surface area contributed by atoms with Gasteiger partial charge in [0.1, 0.15) is 5.75 Å². The van der Waals surface area contributed by atoms with Gasteiger partial charge >= 0.3 is 6.11 Å². The van der Waals surface area contributed by atoms with Crippen LogP contribution in [0.25, 0.3) is 0 Å². The number of benzene rings is 1. The molecule has 0 atom stereocenters. The van der Waals surface area contributed by atoms with Crippen LogP contribution in [-0.2, 0) is 0 Å². The van der Waals surface area contributed by atoms with Crippen molar-refractivity contribution in [2.45, 2.75) is 198 Å². The van der Waals surface area contributed by atoms with Gasteiger partial charge in [-0.25, -0.2) is 13.2 Å². The molecule has 0 aromatic heterocycles. The van der Waals surface area contributed by atoms with E-state index in [1.807, 2.05) is 27.7 Å². The van der Waals surface area contributed by atoms with Gasteiger partial charge in [0.2, 0.25) is 0 Å². The highest BCUT2D eigenvalue weighted by molar-refractivity contribution is 5.25. The molecular formula is C42H79F5O. The van der Waals surface area contributed by atoms with Crippen LogP contribution < -0.4 is 4.74 Å². The molecule has 1 aromatic rings. The summed E-state index contributed by atoms with van der Waals surface area (Å²) in [5.74, 6) is -4.48. The van der Waals surface area contributed by atoms with E-state index in [4.69, 9.17) is 0 Å². The Labute approximate surface area is 296 Å². The lowest BCUT2D eigenvalue weighted by Crippen LogP contribution is -2.38. The van der Waals surface area contributed by atoms with Crippen molar-refractivity contribution in [2.24, 2.45) is 23.7 Å². The zero-order valence-electron chi connectivity index (χ0n) is 33.4. The number of hydrogen-bond acceptors (Lipinski definition) is 1. The van der Waals surface area contributed by atoms with Crippen LogP contribution in [0, 0.1) is 41.1 Å². The van der Waals surface area contributed by atoms with Gasteiger partial charge < -0.3 is 4.74 Å². The van der Waals surface area contributed by atoms with Crippen LogP contribution in [-0.4, -0.2) is 6.11 Å². The van der Waals surface area contributed by atoms with Gasteiger partial charge in [-0.3, -0.25) is 0 Å². The van der Waals surface area contributed by atoms with Crippen LogP contribution in [0.5, 0.6) is 5.75 Å². The largest absolute Gasteiger partial charge is 0.432 e. The molecule has 0 spiro atoms. The molecule has 0 saturated heterocycles. The summed E-state index contributed by atoms with van der Waals surface area (Å²) >= 11 is 0. The van der Waals surface area contributed by atoms with Gasteiger partial charge in [0.15, 0.2) is 17.5 Å². The highest BCUT2D eigenvalue weighted by atomic mass is 19.3. The van der Waals surface area contributed by atoms with E-state index in [2.05, 4.69) is 66.4 Å². The predicted molar refractivity (Wildman–Crippen MR) is 203 cm³/mol. The molecule has 2 aliphatic rings. The van der Waals surface area contributed by atoms with E-state index in [1.54, 1.807) is 0 Å². The minimum Gasteiger partial charge on any atom is -0.432 e. The lowest BCUT2D eigenvalue weighted by Gasteiger charge is -2.39. The number of hydrogen-bond donors (Lipinski definition) is 0. The van der Waals surface area contributed by atoms with Crippen LogP contribution in [0.1, 0.15) is 192 Å². The van der Waals surface area contributed by atoms with Crippen LogP contribution in [0.3, 0.4) is 0 Å². The summed E-state index contributed by atoms with van der Waals surface area (Å²) in [6.45, 7) is 29.3. The Kier molecular flexibility index (Phi) is 40.7. The predicted octanol–water partition coefficient (Wildman–Crippen LogP) is 16.5. The molecule has 48 heavy (non-hydrogen) atoms. The average Bonchev–Trinajstić information content (AvgIpc) is 3.13. The minimum atomic E-state index is -3.53. The number of rotatable bonds is 11. The molecular weight excluding hydrogens is 615 g/mol. The lowest BCUT2D eigenvalue weighted by atomic mass is 9.68. The maximum absolute atomic E-state index is 14.6. The topological polar surface area (TPSA) is 9.23 Å². The van der Waals surface area contributed by atoms with E-state index < -0.39 is 35.2 Å². The van der Waals surface area contributed by atoms with E-state index >= 15 is 0 Å². The zero-order chi connectivity index (χ0) is 38.0. The Morgan fingerprint density at radius 1 is 0.583 bits per heavy atom. The Morgan fingerprint density at radius 2 is 0.938 bits per heavy atom. The Morgan fingerprint density at radius 3 is 1.27 bits per heavy atom. The highest BCUT2D eigenvalue weighted by Crippen LogP contribution is 2.46. The van der Waals surface area contributed by atoms with Gasteiger partial charge in [0.25, 0.3) is 0 Å². The zero-order valence-corrected chi connectivity index (χ0v) is 33.4. The lowest BCUT2D eigenvalue weighted by molar-refractivity contribution is -0.224. The van der Waals surface area contributed by atoms with Gasteiger partial charge in [-0.15, -0.1) is 13.2 Å². The average molecular weight is 695 g/mol. The fourth-order valence-electron chi connectivity index (χ4n) is 5.39. The van der Waals surface area contributed by atoms with E-state index in [0.29, 0.717) is 36.8 Å². The Hall–Kier alpha value is -1.59. The van der Waals surface area contributed by atoms with Crippen molar-refractivity contribution >= 4 is 0 Å². The van der Waals surface area contributed by atoms with Crippen LogP contribution in [0.2, 0.25) is 0 Å². The van der Waals surface area contributed by atoms with Gasteiger partial charge in [-0.05, 0) is 56.3 Å². The van der Waals surface area contributed by atoms with Gasteiger partial charge in [0.05, 0.1) is 5.92 Å². The first-order chi connectivity index (χ1) is 23.0. The summed E-state index contributed by atoms with van der Waals surface area (Å²) < 4.78 is 73.4. The second kappa shape index (κ2) is 36.7. The SMILES string of the molecule is C=C.CC.CC.CCCC.CCCC.CCCC.CCCCCC1CCC(C2CCC(C(F)(F)Oc3cc(F)c(F)c(F)c3)CC2)CC1. The van der Waals surface area contributed by atoms with Crippen molar-refractivity contribution in [2.75, 3.05) is 0 Å². The molecule has 6 heteroatoms. The second-order valence-electron chi connectivity index (χ2n) is 12.3. The molecule has 0 N–H and O–H groups in total. The first-order valence-corrected chi connectivity index (χ1v) is 19.8. The molecule has 0 amide bonds. The van der Waals surface area contributed by atoms with Gasteiger partial charge in [0, 0.05) is 12.1 Å². The summed E-state index contributed by atoms with van der Waals surface area (Å²) in [5, 5.41) is 0. The van der Waals surface area contributed by atoms with Crippen LogP contribution >= 0.6 is 0 Å². The molecule has 288 valence electrons. The van der Waals surface area contributed by atoms with E-state index in [0.717, 1.165) is 18.8 Å². The standard InChI is InChI=1S/C24H33F5O.3C4H10.2C2H6.C2H4/c1-2-3-4-5-16-6-8-17(9-7-16)18-10-12-19(13-11-18)24(28,29)30-20-14-21(25)23(27)22(26)15-20;3*1-3-4-2;3*1-2/h14-19H,2-13H2,1H3;3*3-4H2,1-2H3;2*1-2H3;1-2H2. The number of unbranched alkanes of at least 4 members (excludes halogenated alkanes) is 5. The quantitative estimate of drug-likeness (QED) is 0.0970. The molecule has 0 radical (unpaired) electrons. The van der Waals surface area contributed by atoms with Crippen molar-refractivity contribution in [1.82, 2.24) is 0 Å². The third-order valence-electron chi connectivity index (χ3n) is 8.73. The van der Waals surface area contributed by atoms with Crippen LogP contribution in [0.4, 0.5) is 22.0 Å². The summed E-state index contributed by atoms with van der Waals surface area (Å²) in [5.41, 5.74) is 0. The Bertz CT molecular complexity index is 746. The second-order valence-corrected chi connectivity index (χ2v) is 12.3. The first-order valence-electron chi connectivity index (χ1n) is 19.8. The number of alkyl halides is 2. The molecule has 1 nitrogen and oxygen atoms in total. The fourth-order valence-corrected chi connectivity index (χ4v) is 5.39. The first kappa shape index (κ1) is 53.2. The number of halogens is 5. The monoisotopic (exact) mass is 695 g/mol. The van der Waals surface area contributed by atoms with E-state index in [1.165, 1.54) is 89.9 Å². The number of ether oxygens (including phenoxy) is 1. The molecule has 2 fully saturated rings. The molecule has 1 aromatic carbocycles. The molecule has 0 bridgehead atoms. The smallest absolute Gasteiger partial charge is 0.400 e. The third kappa shape index (κ3) is 25.4. The summed E-state index contributed by atoms with van der Waals surface area (Å²) in [7, 11) is 0. The summed E-state index contributed by atoms with van der Waals surface area (Å²) in [6, 6.07) is 0.938. The fraction of sp³-hybridized carbons (Fsp3) is 0.810. The molecule has 2 aliphatic carbocycles. The van der Waals surface area contributed by atoms with Gasteiger partial charge in [-0.1, -0.05) is 153 Å². The van der Waals surface area contributed by atoms with Crippen molar-refractivity contribution in [1.29, 1.82) is 0 Å². The molecule has 2 saturated carbocycles. The normalized spacial score (nSPS) is 19.6. The minimum absolute atomic E-state index is 0.334. The summed E-state index contributed by atoms with van der Waals surface area (Å²) in [4.78, 5) is 0. The maximum Gasteiger partial charge on any atom is 0.400 e. The third-order valence-corrected chi connectivity index (χ3v) is 8.73. The van der Waals surface area contributed by atoms with E-state index in [9.17, 15) is 22.0 Å². The highest BCUT2D eigenvalue weighted by Gasteiger charge is 2.45. The maximum atomic E-state index is 14.6. The summed E-state index contributed by atoms with van der Waals surface area (Å²) in [6.07, 6.45) is 16.6. The van der Waals surface area contributed by atoms with Crippen molar-refractivity contribution < 1.29 is 26.7 Å². The van der Waals surface area contributed by atoms with E-state index in [-0.39, 0.29) is 0 Å². The molecule has 0 aliphatic heterocycles. The van der Waals surface area contributed by atoms with Crippen LogP contribution in [0.15, 0.2) is 25.3 Å². The van der Waals surface area contributed by atoms with Crippen molar-refractivity contribution in [3.63, 3.8) is 0 Å². The molecule has 0 heterocycles.